The molecule has 3 aromatic rings. The molecule has 0 aliphatic carbocycles. The van der Waals surface area contributed by atoms with Crippen LogP contribution in [0.2, 0.25) is 0 Å². The summed E-state index contributed by atoms with van der Waals surface area (Å²) in [6.07, 6.45) is 0.899. The molecule has 1 N–H and O–H groups in total. The first-order chi connectivity index (χ1) is 14.0. The average molecular weight is 455 g/mol. The Bertz CT molecular complexity index is 1140. The number of carbonyl (C=O) groups is 3. The Morgan fingerprint density at radius 3 is 2.62 bits per heavy atom. The second kappa shape index (κ2) is 7.79. The van der Waals surface area contributed by atoms with Gasteiger partial charge in [-0.15, -0.1) is 0 Å². The van der Waals surface area contributed by atoms with E-state index in [9.17, 15) is 14.4 Å². The number of para-hydroxylation sites is 2. The van der Waals surface area contributed by atoms with Gasteiger partial charge in [0, 0.05) is 24.0 Å². The van der Waals surface area contributed by atoms with Gasteiger partial charge in [-0.05, 0) is 36.8 Å². The number of fused-ring (bicyclic) bond motifs is 2. The molecule has 0 unspecified atom stereocenters. The third kappa shape index (κ3) is 3.55. The molecule has 2 aromatic carbocycles. The zero-order valence-electron chi connectivity index (χ0n) is 15.8. The van der Waals surface area contributed by atoms with Crippen molar-refractivity contribution < 1.29 is 14.4 Å². The SMILES string of the molecule is CCCn1c(NC(=O)CCN2C(=O)c3ccc(Br)cc3C2=O)nc2ccccc21. The van der Waals surface area contributed by atoms with E-state index in [0.717, 1.165) is 33.4 Å². The van der Waals surface area contributed by atoms with E-state index < -0.39 is 0 Å². The van der Waals surface area contributed by atoms with Crippen molar-refractivity contribution in [1.29, 1.82) is 0 Å². The first kappa shape index (κ1) is 19.3. The van der Waals surface area contributed by atoms with E-state index in [4.69, 9.17) is 0 Å². The number of aryl methyl sites for hydroxylation is 1. The lowest BCUT2D eigenvalue weighted by molar-refractivity contribution is -0.116. The third-order valence-electron chi connectivity index (χ3n) is 4.85. The van der Waals surface area contributed by atoms with Crippen molar-refractivity contribution in [3.8, 4) is 0 Å². The number of benzene rings is 2. The van der Waals surface area contributed by atoms with E-state index in [2.05, 4.69) is 33.2 Å². The number of hydrogen-bond acceptors (Lipinski definition) is 4. The van der Waals surface area contributed by atoms with Crippen LogP contribution in [0, 0.1) is 0 Å². The smallest absolute Gasteiger partial charge is 0.261 e. The highest BCUT2D eigenvalue weighted by Gasteiger charge is 2.35. The summed E-state index contributed by atoms with van der Waals surface area (Å²) in [4.78, 5) is 43.2. The molecule has 0 fully saturated rings. The molecule has 0 bridgehead atoms. The molecular formula is C21H19BrN4O3. The molecule has 2 heterocycles. The van der Waals surface area contributed by atoms with Crippen LogP contribution in [0.25, 0.3) is 11.0 Å². The Hall–Kier alpha value is -3.00. The number of nitrogens with zero attached hydrogens (tertiary/aromatic N) is 3. The minimum Gasteiger partial charge on any atom is -0.310 e. The number of anilines is 1. The number of aromatic nitrogens is 2. The number of carbonyl (C=O) groups excluding carboxylic acids is 3. The molecule has 8 heteroatoms. The molecule has 1 aliphatic rings. The quantitative estimate of drug-likeness (QED) is 0.573. The largest absolute Gasteiger partial charge is 0.310 e. The van der Waals surface area contributed by atoms with Crippen molar-refractivity contribution in [2.24, 2.45) is 0 Å². The molecular weight excluding hydrogens is 436 g/mol. The van der Waals surface area contributed by atoms with Gasteiger partial charge in [0.25, 0.3) is 11.8 Å². The predicted molar refractivity (Wildman–Crippen MR) is 113 cm³/mol. The molecule has 29 heavy (non-hydrogen) atoms. The van der Waals surface area contributed by atoms with Crippen LogP contribution < -0.4 is 5.32 Å². The number of imidazole rings is 1. The summed E-state index contributed by atoms with van der Waals surface area (Å²) in [5.41, 5.74) is 2.48. The lowest BCUT2D eigenvalue weighted by atomic mass is 10.1. The molecule has 3 amide bonds. The minimum absolute atomic E-state index is 0.00195. The van der Waals surface area contributed by atoms with Gasteiger partial charge in [0.05, 0.1) is 22.2 Å². The van der Waals surface area contributed by atoms with E-state index in [-0.39, 0.29) is 30.7 Å². The molecule has 0 saturated carbocycles. The topological polar surface area (TPSA) is 84.3 Å². The van der Waals surface area contributed by atoms with Crippen LogP contribution in [0.3, 0.4) is 0 Å². The Balaban J connectivity index is 1.46. The van der Waals surface area contributed by atoms with Gasteiger partial charge in [-0.2, -0.15) is 0 Å². The lowest BCUT2D eigenvalue weighted by Crippen LogP contribution is -2.33. The minimum atomic E-state index is -0.377. The van der Waals surface area contributed by atoms with Crippen molar-refractivity contribution in [1.82, 2.24) is 14.5 Å². The first-order valence-electron chi connectivity index (χ1n) is 9.40. The maximum atomic E-state index is 12.5. The van der Waals surface area contributed by atoms with Crippen LogP contribution in [-0.4, -0.2) is 38.7 Å². The Morgan fingerprint density at radius 2 is 1.83 bits per heavy atom. The first-order valence-corrected chi connectivity index (χ1v) is 10.2. The van der Waals surface area contributed by atoms with Crippen molar-refractivity contribution in [2.45, 2.75) is 26.3 Å². The molecule has 0 atom stereocenters. The second-order valence-electron chi connectivity index (χ2n) is 6.83. The molecule has 7 nitrogen and oxygen atoms in total. The summed E-state index contributed by atoms with van der Waals surface area (Å²) in [5.74, 6) is -0.569. The van der Waals surface area contributed by atoms with E-state index >= 15 is 0 Å². The lowest BCUT2D eigenvalue weighted by Gasteiger charge is -2.14. The fourth-order valence-electron chi connectivity index (χ4n) is 3.49. The summed E-state index contributed by atoms with van der Waals surface area (Å²) in [6, 6.07) is 12.7. The summed E-state index contributed by atoms with van der Waals surface area (Å²) < 4.78 is 2.69. The number of amides is 3. The van der Waals surface area contributed by atoms with E-state index in [0.29, 0.717) is 17.1 Å². The summed E-state index contributed by atoms with van der Waals surface area (Å²) in [7, 11) is 0. The van der Waals surface area contributed by atoms with E-state index in [1.54, 1.807) is 18.2 Å². The van der Waals surface area contributed by atoms with Crippen LogP contribution in [-0.2, 0) is 11.3 Å². The maximum absolute atomic E-state index is 12.5. The summed E-state index contributed by atoms with van der Waals surface area (Å²) in [5, 5.41) is 2.82. The van der Waals surface area contributed by atoms with Crippen molar-refractivity contribution >= 4 is 50.6 Å². The van der Waals surface area contributed by atoms with E-state index in [1.165, 1.54) is 0 Å². The monoisotopic (exact) mass is 454 g/mol. The fourth-order valence-corrected chi connectivity index (χ4v) is 3.85. The standard InChI is InChI=1S/C21H19BrN4O3/c1-2-10-25-17-6-4-3-5-16(17)23-21(25)24-18(27)9-11-26-19(28)14-8-7-13(22)12-15(14)20(26)29/h3-8,12H,2,9-11H2,1H3,(H,23,24,27). The highest BCUT2D eigenvalue weighted by Crippen LogP contribution is 2.26. The van der Waals surface area contributed by atoms with Crippen molar-refractivity contribution in [3.05, 3.63) is 58.1 Å². The Kier molecular flexibility index (Phi) is 5.19. The molecule has 1 aromatic heterocycles. The molecule has 4 rings (SSSR count). The van der Waals surface area contributed by atoms with Gasteiger partial charge >= 0.3 is 0 Å². The molecule has 0 spiro atoms. The van der Waals surface area contributed by atoms with Gasteiger partial charge in [0.2, 0.25) is 11.9 Å². The van der Waals surface area contributed by atoms with Gasteiger partial charge in [-0.25, -0.2) is 4.98 Å². The maximum Gasteiger partial charge on any atom is 0.261 e. The van der Waals surface area contributed by atoms with Crippen molar-refractivity contribution in [2.75, 3.05) is 11.9 Å². The van der Waals surface area contributed by atoms with Crippen LogP contribution >= 0.6 is 15.9 Å². The number of halogens is 1. The van der Waals surface area contributed by atoms with Gasteiger partial charge in [-0.3, -0.25) is 24.6 Å². The van der Waals surface area contributed by atoms with Crippen LogP contribution in [0.5, 0.6) is 0 Å². The van der Waals surface area contributed by atoms with Crippen LogP contribution in [0.15, 0.2) is 46.9 Å². The summed E-state index contributed by atoms with van der Waals surface area (Å²) >= 11 is 3.31. The van der Waals surface area contributed by atoms with Gasteiger partial charge < -0.3 is 4.57 Å². The third-order valence-corrected chi connectivity index (χ3v) is 5.34. The van der Waals surface area contributed by atoms with Gasteiger partial charge in [-0.1, -0.05) is 35.0 Å². The predicted octanol–water partition coefficient (Wildman–Crippen LogP) is 3.83. The van der Waals surface area contributed by atoms with Crippen molar-refractivity contribution in [3.63, 3.8) is 0 Å². The van der Waals surface area contributed by atoms with Gasteiger partial charge in [0.15, 0.2) is 0 Å². The van der Waals surface area contributed by atoms with E-state index in [1.807, 2.05) is 28.8 Å². The number of nitrogens with one attached hydrogen (secondary N) is 1. The number of rotatable bonds is 6. The Labute approximate surface area is 175 Å². The van der Waals surface area contributed by atoms with Crippen LogP contribution in [0.4, 0.5) is 5.95 Å². The molecule has 0 saturated heterocycles. The highest BCUT2D eigenvalue weighted by atomic mass is 79.9. The summed E-state index contributed by atoms with van der Waals surface area (Å²) in [6.45, 7) is 2.80. The second-order valence-corrected chi connectivity index (χ2v) is 7.74. The normalized spacial score (nSPS) is 13.2. The highest BCUT2D eigenvalue weighted by molar-refractivity contribution is 9.10. The number of hydrogen-bond donors (Lipinski definition) is 1. The molecule has 0 radical (unpaired) electrons. The Morgan fingerprint density at radius 1 is 1.07 bits per heavy atom. The van der Waals surface area contributed by atoms with Gasteiger partial charge in [0.1, 0.15) is 0 Å². The fraction of sp³-hybridized carbons (Fsp3) is 0.238. The average Bonchev–Trinajstić information content (AvgIpc) is 3.16. The molecule has 148 valence electrons. The van der Waals surface area contributed by atoms with Crippen LogP contribution in [0.1, 0.15) is 40.5 Å². The number of imide groups is 1. The zero-order valence-corrected chi connectivity index (χ0v) is 17.4. The molecule has 1 aliphatic heterocycles. The zero-order chi connectivity index (χ0) is 20.5.